The van der Waals surface area contributed by atoms with E-state index in [2.05, 4.69) is 96.4 Å². The van der Waals surface area contributed by atoms with Gasteiger partial charge in [0.15, 0.2) is 0 Å². The van der Waals surface area contributed by atoms with Crippen LogP contribution in [0, 0.1) is 6.92 Å². The SMILES string of the molecule is Cc1nc(-c2ccccc2)cc2c1c1ccccc1n2-c1ccccc1. The topological polar surface area (TPSA) is 17.8 Å². The summed E-state index contributed by atoms with van der Waals surface area (Å²) < 4.78 is 2.34. The van der Waals surface area contributed by atoms with Gasteiger partial charge in [-0.15, -0.1) is 0 Å². The minimum absolute atomic E-state index is 1.01. The number of hydrogen-bond acceptors (Lipinski definition) is 1. The fourth-order valence-corrected chi connectivity index (χ4v) is 3.79. The Labute approximate surface area is 152 Å². The molecule has 0 atom stereocenters. The Kier molecular flexibility index (Phi) is 3.36. The van der Waals surface area contributed by atoms with E-state index in [1.165, 1.54) is 27.5 Å². The number of hydrogen-bond donors (Lipinski definition) is 0. The van der Waals surface area contributed by atoms with Gasteiger partial charge in [-0.2, -0.15) is 0 Å². The van der Waals surface area contributed by atoms with Crippen molar-refractivity contribution in [3.63, 3.8) is 0 Å². The average Bonchev–Trinajstić information content (AvgIpc) is 3.04. The predicted molar refractivity (Wildman–Crippen MR) is 109 cm³/mol. The summed E-state index contributed by atoms with van der Waals surface area (Å²) in [5.74, 6) is 0. The van der Waals surface area contributed by atoms with Gasteiger partial charge in [-0.1, -0.05) is 66.7 Å². The molecule has 3 aromatic carbocycles. The molecule has 0 aliphatic carbocycles. The van der Waals surface area contributed by atoms with Gasteiger partial charge in [0.2, 0.25) is 0 Å². The Morgan fingerprint density at radius 2 is 1.35 bits per heavy atom. The summed E-state index contributed by atoms with van der Waals surface area (Å²) >= 11 is 0. The summed E-state index contributed by atoms with van der Waals surface area (Å²) in [6.45, 7) is 2.11. The van der Waals surface area contributed by atoms with Crippen molar-refractivity contribution < 1.29 is 0 Å². The van der Waals surface area contributed by atoms with Crippen LogP contribution in [0.5, 0.6) is 0 Å². The maximum absolute atomic E-state index is 4.92. The van der Waals surface area contributed by atoms with E-state index in [9.17, 15) is 0 Å². The van der Waals surface area contributed by atoms with Gasteiger partial charge < -0.3 is 4.57 Å². The number of para-hydroxylation sites is 2. The van der Waals surface area contributed by atoms with Gasteiger partial charge >= 0.3 is 0 Å². The van der Waals surface area contributed by atoms with E-state index < -0.39 is 0 Å². The first-order valence-corrected chi connectivity index (χ1v) is 8.84. The predicted octanol–water partition coefficient (Wildman–Crippen LogP) is 6.15. The lowest BCUT2D eigenvalue weighted by Gasteiger charge is -2.09. The second-order valence-corrected chi connectivity index (χ2v) is 6.54. The van der Waals surface area contributed by atoms with Crippen LogP contribution in [0.15, 0.2) is 91.0 Å². The number of nitrogens with zero attached hydrogens (tertiary/aromatic N) is 2. The van der Waals surface area contributed by atoms with E-state index in [-0.39, 0.29) is 0 Å². The Balaban J connectivity index is 1.93. The van der Waals surface area contributed by atoms with E-state index >= 15 is 0 Å². The molecular weight excluding hydrogens is 316 g/mol. The third-order valence-corrected chi connectivity index (χ3v) is 4.92. The number of fused-ring (bicyclic) bond motifs is 3. The summed E-state index contributed by atoms with van der Waals surface area (Å²) in [6.07, 6.45) is 0. The van der Waals surface area contributed by atoms with Crippen LogP contribution in [-0.2, 0) is 0 Å². The summed E-state index contributed by atoms with van der Waals surface area (Å²) in [4.78, 5) is 4.92. The molecule has 0 saturated carbocycles. The number of rotatable bonds is 2. The van der Waals surface area contributed by atoms with Gasteiger partial charge in [-0.05, 0) is 31.2 Å². The summed E-state index contributed by atoms with van der Waals surface area (Å²) in [5, 5.41) is 2.47. The summed E-state index contributed by atoms with van der Waals surface area (Å²) in [5.41, 5.74) is 6.79. The summed E-state index contributed by atoms with van der Waals surface area (Å²) in [7, 11) is 0. The first-order valence-electron chi connectivity index (χ1n) is 8.84. The van der Waals surface area contributed by atoms with Crippen LogP contribution in [0.25, 0.3) is 38.8 Å². The Morgan fingerprint density at radius 1 is 0.692 bits per heavy atom. The highest BCUT2D eigenvalue weighted by Gasteiger charge is 2.15. The van der Waals surface area contributed by atoms with Gasteiger partial charge in [-0.3, -0.25) is 4.98 Å². The molecule has 0 bridgehead atoms. The second kappa shape index (κ2) is 5.85. The molecule has 0 aliphatic heterocycles. The van der Waals surface area contributed by atoms with Crippen molar-refractivity contribution in [3.8, 4) is 16.9 Å². The van der Waals surface area contributed by atoms with Crippen molar-refractivity contribution >= 4 is 21.8 Å². The van der Waals surface area contributed by atoms with Crippen molar-refractivity contribution in [2.75, 3.05) is 0 Å². The molecule has 0 spiro atoms. The first kappa shape index (κ1) is 14.9. The van der Waals surface area contributed by atoms with Gasteiger partial charge in [0.1, 0.15) is 0 Å². The lowest BCUT2D eigenvalue weighted by atomic mass is 10.1. The molecule has 0 amide bonds. The zero-order valence-corrected chi connectivity index (χ0v) is 14.6. The van der Waals surface area contributed by atoms with Crippen molar-refractivity contribution in [2.45, 2.75) is 6.92 Å². The normalized spacial score (nSPS) is 11.3. The van der Waals surface area contributed by atoms with Crippen molar-refractivity contribution in [1.29, 1.82) is 0 Å². The van der Waals surface area contributed by atoms with E-state index in [0.29, 0.717) is 0 Å². The molecule has 0 saturated heterocycles. The van der Waals surface area contributed by atoms with Crippen LogP contribution in [0.4, 0.5) is 0 Å². The fourth-order valence-electron chi connectivity index (χ4n) is 3.79. The average molecular weight is 334 g/mol. The molecule has 0 radical (unpaired) electrons. The van der Waals surface area contributed by atoms with Crippen LogP contribution in [0.2, 0.25) is 0 Å². The molecule has 2 heterocycles. The molecule has 5 rings (SSSR count). The highest BCUT2D eigenvalue weighted by Crippen LogP contribution is 2.35. The molecular formula is C24H18N2. The molecule has 124 valence electrons. The largest absolute Gasteiger partial charge is 0.309 e. The number of pyridine rings is 1. The number of aryl methyl sites for hydroxylation is 1. The maximum atomic E-state index is 4.92. The number of benzene rings is 3. The molecule has 0 unspecified atom stereocenters. The van der Waals surface area contributed by atoms with Gasteiger partial charge in [0.25, 0.3) is 0 Å². The zero-order valence-electron chi connectivity index (χ0n) is 14.6. The van der Waals surface area contributed by atoms with Crippen molar-refractivity contribution in [1.82, 2.24) is 9.55 Å². The minimum Gasteiger partial charge on any atom is -0.309 e. The minimum atomic E-state index is 1.01. The van der Waals surface area contributed by atoms with E-state index in [1.807, 2.05) is 6.07 Å². The lowest BCUT2D eigenvalue weighted by Crippen LogP contribution is -1.95. The molecule has 2 heteroatoms. The first-order chi connectivity index (χ1) is 12.8. The molecule has 2 aromatic heterocycles. The van der Waals surface area contributed by atoms with E-state index in [4.69, 9.17) is 4.98 Å². The van der Waals surface area contributed by atoms with Gasteiger partial charge in [-0.25, -0.2) is 0 Å². The quantitative estimate of drug-likeness (QED) is 0.378. The van der Waals surface area contributed by atoms with Gasteiger partial charge in [0, 0.05) is 27.7 Å². The van der Waals surface area contributed by atoms with Gasteiger partial charge in [0.05, 0.1) is 16.7 Å². The monoisotopic (exact) mass is 334 g/mol. The van der Waals surface area contributed by atoms with Crippen molar-refractivity contribution in [2.24, 2.45) is 0 Å². The molecule has 0 fully saturated rings. The Hall–Kier alpha value is -3.39. The Bertz CT molecular complexity index is 1220. The van der Waals surface area contributed by atoms with Crippen LogP contribution in [-0.4, -0.2) is 9.55 Å². The Morgan fingerprint density at radius 3 is 2.12 bits per heavy atom. The summed E-state index contributed by atoms with van der Waals surface area (Å²) in [6, 6.07) is 31.7. The fraction of sp³-hybridized carbons (Fsp3) is 0.0417. The van der Waals surface area contributed by atoms with Crippen LogP contribution in [0.1, 0.15) is 5.69 Å². The number of aromatic nitrogens is 2. The highest BCUT2D eigenvalue weighted by molar-refractivity contribution is 6.11. The van der Waals surface area contributed by atoms with Crippen LogP contribution in [0.3, 0.4) is 0 Å². The zero-order chi connectivity index (χ0) is 17.5. The van der Waals surface area contributed by atoms with E-state index in [0.717, 1.165) is 17.0 Å². The molecule has 5 aromatic rings. The second-order valence-electron chi connectivity index (χ2n) is 6.54. The third-order valence-electron chi connectivity index (χ3n) is 4.92. The van der Waals surface area contributed by atoms with Crippen molar-refractivity contribution in [3.05, 3.63) is 96.7 Å². The highest BCUT2D eigenvalue weighted by atomic mass is 15.0. The van der Waals surface area contributed by atoms with Crippen LogP contribution >= 0.6 is 0 Å². The lowest BCUT2D eigenvalue weighted by molar-refractivity contribution is 1.16. The van der Waals surface area contributed by atoms with Crippen LogP contribution < -0.4 is 0 Å². The maximum Gasteiger partial charge on any atom is 0.0726 e. The smallest absolute Gasteiger partial charge is 0.0726 e. The third kappa shape index (κ3) is 2.23. The molecule has 2 nitrogen and oxygen atoms in total. The molecule has 0 N–H and O–H groups in total. The molecule has 26 heavy (non-hydrogen) atoms. The standard InChI is InChI=1S/C24H18N2/c1-17-24-20-14-8-9-15-22(20)26(19-12-6-3-7-13-19)23(24)16-21(25-17)18-10-4-2-5-11-18/h2-16H,1H3. The van der Waals surface area contributed by atoms with E-state index in [1.54, 1.807) is 0 Å². The molecule has 0 aliphatic rings.